The zero-order valence-electron chi connectivity index (χ0n) is 12.3. The van der Waals surface area contributed by atoms with Crippen LogP contribution in [0.4, 0.5) is 5.69 Å². The molecule has 0 radical (unpaired) electrons. The van der Waals surface area contributed by atoms with Gasteiger partial charge >= 0.3 is 0 Å². The normalized spacial score (nSPS) is 16.7. The minimum Gasteiger partial charge on any atom is -0.462 e. The van der Waals surface area contributed by atoms with Gasteiger partial charge in [0.2, 0.25) is 0 Å². The first kappa shape index (κ1) is 16.7. The summed E-state index contributed by atoms with van der Waals surface area (Å²) in [6.45, 7) is 1.77. The Morgan fingerprint density at radius 1 is 1.17 bits per heavy atom. The first-order chi connectivity index (χ1) is 11.4. The van der Waals surface area contributed by atoms with Crippen molar-refractivity contribution in [2.45, 2.75) is 6.92 Å². The zero-order valence-corrected chi connectivity index (χ0v) is 14.6. The predicted molar refractivity (Wildman–Crippen MR) is 96.1 cm³/mol. The number of hydrogen-bond acceptors (Lipinski definition) is 4. The number of benzene rings is 1. The number of nitrogens with one attached hydrogen (secondary N) is 1. The van der Waals surface area contributed by atoms with Crippen LogP contribution in [0.2, 0.25) is 10.0 Å². The molecular formula is C16H10Cl2N2O3S. The van der Waals surface area contributed by atoms with Gasteiger partial charge in [0, 0.05) is 0 Å². The van der Waals surface area contributed by atoms with Gasteiger partial charge in [0.25, 0.3) is 11.8 Å². The van der Waals surface area contributed by atoms with Gasteiger partial charge < -0.3 is 4.42 Å². The Kier molecular flexibility index (Phi) is 4.45. The van der Waals surface area contributed by atoms with Crippen LogP contribution in [0, 0.1) is 6.92 Å². The van der Waals surface area contributed by atoms with Gasteiger partial charge in [-0.3, -0.25) is 19.8 Å². The summed E-state index contributed by atoms with van der Waals surface area (Å²) in [6, 6.07) is 8.04. The van der Waals surface area contributed by atoms with Crippen molar-refractivity contribution in [3.8, 4) is 0 Å². The van der Waals surface area contributed by atoms with Crippen LogP contribution in [-0.4, -0.2) is 16.9 Å². The molecule has 2 heterocycles. The summed E-state index contributed by atoms with van der Waals surface area (Å²) in [7, 11) is 0. The molecule has 0 atom stereocenters. The molecule has 122 valence electrons. The van der Waals surface area contributed by atoms with E-state index in [-0.39, 0.29) is 15.7 Å². The quantitative estimate of drug-likeness (QED) is 0.489. The van der Waals surface area contributed by atoms with Crippen LogP contribution in [0.5, 0.6) is 0 Å². The number of furan rings is 1. The average Bonchev–Trinajstić information content (AvgIpc) is 2.92. The summed E-state index contributed by atoms with van der Waals surface area (Å²) in [6.07, 6.45) is 1.37. The molecule has 0 saturated carbocycles. The minimum atomic E-state index is -0.588. The number of halogens is 2. The maximum Gasteiger partial charge on any atom is 0.270 e. The van der Waals surface area contributed by atoms with Crippen molar-refractivity contribution in [2.75, 3.05) is 4.90 Å². The third kappa shape index (κ3) is 3.08. The highest BCUT2D eigenvalue weighted by molar-refractivity contribution is 7.80. The lowest BCUT2D eigenvalue weighted by atomic mass is 10.1. The maximum atomic E-state index is 12.7. The molecule has 8 heteroatoms. The molecule has 1 saturated heterocycles. The van der Waals surface area contributed by atoms with Gasteiger partial charge in [0.15, 0.2) is 5.11 Å². The van der Waals surface area contributed by atoms with Crippen LogP contribution >= 0.6 is 35.4 Å². The van der Waals surface area contributed by atoms with E-state index in [9.17, 15) is 9.59 Å². The molecule has 3 rings (SSSR count). The van der Waals surface area contributed by atoms with E-state index in [4.69, 9.17) is 39.8 Å². The second-order valence-corrected chi connectivity index (χ2v) is 6.21. The van der Waals surface area contributed by atoms with E-state index in [1.165, 1.54) is 17.0 Å². The molecule has 1 aromatic heterocycles. The maximum absolute atomic E-state index is 12.7. The first-order valence-corrected chi connectivity index (χ1v) is 7.96. The Labute approximate surface area is 152 Å². The lowest BCUT2D eigenvalue weighted by Gasteiger charge is -2.28. The van der Waals surface area contributed by atoms with Gasteiger partial charge in [-0.1, -0.05) is 23.2 Å². The fraction of sp³-hybridized carbons (Fsp3) is 0.0625. The molecule has 2 aromatic rings. The molecule has 1 aliphatic rings. The summed E-state index contributed by atoms with van der Waals surface area (Å²) in [4.78, 5) is 26.0. The molecule has 0 aliphatic carbocycles. The Bertz CT molecular complexity index is 904. The van der Waals surface area contributed by atoms with Crippen LogP contribution in [0.15, 0.2) is 40.3 Å². The summed E-state index contributed by atoms with van der Waals surface area (Å²) >= 11 is 17.0. The first-order valence-electron chi connectivity index (χ1n) is 6.80. The molecule has 5 nitrogen and oxygen atoms in total. The SMILES string of the molecule is Cc1ccc(/C=C2\C(=O)NC(=S)N(c3ccc(Cl)c(Cl)c3)C2=O)o1. The van der Waals surface area contributed by atoms with Gasteiger partial charge in [0.1, 0.15) is 17.1 Å². The molecule has 2 amide bonds. The molecule has 0 unspecified atom stereocenters. The van der Waals surface area contributed by atoms with Crippen molar-refractivity contribution >= 4 is 64.1 Å². The van der Waals surface area contributed by atoms with Crippen molar-refractivity contribution in [3.63, 3.8) is 0 Å². The molecule has 1 fully saturated rings. The summed E-state index contributed by atoms with van der Waals surface area (Å²) < 4.78 is 5.39. The van der Waals surface area contributed by atoms with Crippen molar-refractivity contribution in [2.24, 2.45) is 0 Å². The fourth-order valence-corrected chi connectivity index (χ4v) is 2.76. The van der Waals surface area contributed by atoms with Crippen LogP contribution in [0.3, 0.4) is 0 Å². The lowest BCUT2D eigenvalue weighted by Crippen LogP contribution is -2.54. The van der Waals surface area contributed by atoms with Crippen molar-refractivity contribution in [1.82, 2.24) is 5.32 Å². The summed E-state index contributed by atoms with van der Waals surface area (Å²) in [5.74, 6) is -0.0955. The van der Waals surface area contributed by atoms with Gasteiger partial charge in [0.05, 0.1) is 15.7 Å². The monoisotopic (exact) mass is 380 g/mol. The highest BCUT2D eigenvalue weighted by Gasteiger charge is 2.34. The van der Waals surface area contributed by atoms with E-state index < -0.39 is 11.8 Å². The third-order valence-corrected chi connectivity index (χ3v) is 4.33. The molecule has 24 heavy (non-hydrogen) atoms. The van der Waals surface area contributed by atoms with E-state index >= 15 is 0 Å². The van der Waals surface area contributed by atoms with Gasteiger partial charge in [-0.15, -0.1) is 0 Å². The largest absolute Gasteiger partial charge is 0.462 e. The molecule has 0 bridgehead atoms. The van der Waals surface area contributed by atoms with E-state index in [2.05, 4.69) is 5.32 Å². The smallest absolute Gasteiger partial charge is 0.270 e. The van der Waals surface area contributed by atoms with E-state index in [1.54, 1.807) is 31.2 Å². The number of anilines is 1. The number of carbonyl (C=O) groups excluding carboxylic acids is 2. The number of rotatable bonds is 2. The summed E-state index contributed by atoms with van der Waals surface area (Å²) in [5, 5.41) is 3.07. The number of thiocarbonyl (C=S) groups is 1. The highest BCUT2D eigenvalue weighted by atomic mass is 35.5. The minimum absolute atomic E-state index is 0.0313. The lowest BCUT2D eigenvalue weighted by molar-refractivity contribution is -0.122. The fourth-order valence-electron chi connectivity index (χ4n) is 2.19. The van der Waals surface area contributed by atoms with Crippen molar-refractivity contribution < 1.29 is 14.0 Å². The number of amides is 2. The van der Waals surface area contributed by atoms with Crippen molar-refractivity contribution in [1.29, 1.82) is 0 Å². The molecular weight excluding hydrogens is 371 g/mol. The second kappa shape index (κ2) is 6.39. The van der Waals surface area contributed by atoms with Gasteiger partial charge in [-0.2, -0.15) is 0 Å². The zero-order chi connectivity index (χ0) is 17.4. The van der Waals surface area contributed by atoms with E-state index in [0.717, 1.165) is 0 Å². The Morgan fingerprint density at radius 3 is 2.54 bits per heavy atom. The third-order valence-electron chi connectivity index (χ3n) is 3.31. The number of carbonyl (C=O) groups is 2. The average molecular weight is 381 g/mol. The van der Waals surface area contributed by atoms with Crippen LogP contribution in [-0.2, 0) is 9.59 Å². The molecule has 1 N–H and O–H groups in total. The highest BCUT2D eigenvalue weighted by Crippen LogP contribution is 2.29. The number of nitrogens with zero attached hydrogens (tertiary/aromatic N) is 1. The Balaban J connectivity index is 2.02. The van der Waals surface area contributed by atoms with Gasteiger partial charge in [-0.25, -0.2) is 0 Å². The Hall–Kier alpha value is -2.15. The standard InChI is InChI=1S/C16H10Cl2N2O3S/c1-8-2-4-10(23-8)7-11-14(21)19-16(24)20(15(11)22)9-3-5-12(17)13(18)6-9/h2-7H,1H3,(H,19,21,24)/b11-7+. The topological polar surface area (TPSA) is 62.6 Å². The second-order valence-electron chi connectivity index (χ2n) is 5.00. The van der Waals surface area contributed by atoms with Crippen molar-refractivity contribution in [3.05, 3.63) is 57.5 Å². The van der Waals surface area contributed by atoms with Crippen LogP contribution in [0.25, 0.3) is 6.08 Å². The summed E-state index contributed by atoms with van der Waals surface area (Å²) in [5.41, 5.74) is 0.310. The molecule has 0 spiro atoms. The van der Waals surface area contributed by atoms with E-state index in [1.807, 2.05) is 0 Å². The van der Waals surface area contributed by atoms with E-state index in [0.29, 0.717) is 22.2 Å². The van der Waals surface area contributed by atoms with Crippen LogP contribution in [0.1, 0.15) is 11.5 Å². The molecule has 1 aliphatic heterocycles. The Morgan fingerprint density at radius 2 is 1.92 bits per heavy atom. The van der Waals surface area contributed by atoms with Crippen LogP contribution < -0.4 is 10.2 Å². The van der Waals surface area contributed by atoms with Gasteiger partial charge in [-0.05, 0) is 55.5 Å². The predicted octanol–water partition coefficient (Wildman–Crippen LogP) is 3.73. The number of hydrogen-bond donors (Lipinski definition) is 1. The molecule has 1 aromatic carbocycles. The number of aryl methyl sites for hydroxylation is 1.